The maximum atomic E-state index is 13.3. The Morgan fingerprint density at radius 1 is 0.964 bits per heavy atom. The highest BCUT2D eigenvalue weighted by molar-refractivity contribution is 6.42. The van der Waals surface area contributed by atoms with Gasteiger partial charge in [-0.15, -0.1) is 0 Å². The average molecular weight is 419 g/mol. The number of benzene rings is 2. The van der Waals surface area contributed by atoms with Crippen LogP contribution in [0.3, 0.4) is 0 Å². The van der Waals surface area contributed by atoms with Crippen LogP contribution in [0.5, 0.6) is 0 Å². The molecule has 4 rings (SSSR count). The van der Waals surface area contributed by atoms with Crippen LogP contribution in [0, 0.1) is 5.92 Å². The third-order valence-electron chi connectivity index (χ3n) is 5.26. The van der Waals surface area contributed by atoms with E-state index in [4.69, 9.17) is 28.0 Å². The van der Waals surface area contributed by atoms with Gasteiger partial charge in [0.1, 0.15) is 0 Å². The second-order valence-electron chi connectivity index (χ2n) is 7.03. The summed E-state index contributed by atoms with van der Waals surface area (Å²) in [7, 11) is 0. The predicted octanol–water partition coefficient (Wildman–Crippen LogP) is 4.86. The smallest absolute Gasteiger partial charge is 0.266 e. The second-order valence-corrected chi connectivity index (χ2v) is 7.85. The molecule has 0 radical (unpaired) electrons. The van der Waals surface area contributed by atoms with Gasteiger partial charge in [-0.2, -0.15) is 0 Å². The summed E-state index contributed by atoms with van der Waals surface area (Å²) in [4.78, 5) is 33.5. The highest BCUT2D eigenvalue weighted by Crippen LogP contribution is 2.42. The van der Waals surface area contributed by atoms with Crippen molar-refractivity contribution in [2.75, 3.05) is 9.96 Å². The van der Waals surface area contributed by atoms with Gasteiger partial charge in [0.05, 0.1) is 33.4 Å². The van der Waals surface area contributed by atoms with Crippen LogP contribution in [0.15, 0.2) is 48.5 Å². The Morgan fingerprint density at radius 2 is 1.71 bits per heavy atom. The highest BCUT2D eigenvalue weighted by atomic mass is 35.5. The summed E-state index contributed by atoms with van der Waals surface area (Å²) in [5.41, 5.74) is 1.27. The van der Waals surface area contributed by atoms with Gasteiger partial charge in [-0.25, -0.2) is 9.96 Å². The number of nitrogens with zero attached hydrogens (tertiary/aromatic N) is 2. The molecule has 0 aliphatic carbocycles. The van der Waals surface area contributed by atoms with E-state index in [1.54, 1.807) is 17.2 Å². The predicted molar refractivity (Wildman–Crippen MR) is 110 cm³/mol. The van der Waals surface area contributed by atoms with Crippen LogP contribution in [0.2, 0.25) is 10.0 Å². The number of hydrogen-bond donors (Lipinski definition) is 0. The number of imide groups is 1. The van der Waals surface area contributed by atoms with Gasteiger partial charge >= 0.3 is 0 Å². The summed E-state index contributed by atoms with van der Waals surface area (Å²) in [5.74, 6) is -1.17. The van der Waals surface area contributed by atoms with E-state index >= 15 is 0 Å². The molecule has 0 N–H and O–H groups in total. The molecule has 28 heavy (non-hydrogen) atoms. The first-order chi connectivity index (χ1) is 13.5. The molecule has 0 spiro atoms. The summed E-state index contributed by atoms with van der Waals surface area (Å²) in [6.45, 7) is 2.10. The monoisotopic (exact) mass is 418 g/mol. The number of hydroxylamine groups is 1. The number of amides is 2. The van der Waals surface area contributed by atoms with Gasteiger partial charge < -0.3 is 0 Å². The summed E-state index contributed by atoms with van der Waals surface area (Å²) in [5, 5.41) is 2.41. The van der Waals surface area contributed by atoms with Gasteiger partial charge in [0.15, 0.2) is 6.10 Å². The zero-order valence-electron chi connectivity index (χ0n) is 15.3. The minimum Gasteiger partial charge on any atom is -0.273 e. The van der Waals surface area contributed by atoms with Crippen LogP contribution in [-0.4, -0.2) is 24.0 Å². The lowest BCUT2D eigenvalue weighted by atomic mass is 9.92. The molecule has 2 aromatic carbocycles. The van der Waals surface area contributed by atoms with E-state index in [0.29, 0.717) is 15.7 Å². The molecule has 3 atom stereocenters. The minimum atomic E-state index is -0.830. The molecule has 2 aromatic rings. The number of anilines is 2. The molecule has 2 heterocycles. The standard InChI is InChI=1S/C21H20Cl2N2O3/c1-2-3-9-17-18-19(28-25(17)13-7-5-4-6-8-13)21(27)24(20(18)26)14-10-11-15(22)16(23)12-14/h4-8,10-12,17-19H,2-3,9H2,1H3/t17-,18-,19+/m0/s1. The first-order valence-electron chi connectivity index (χ1n) is 9.37. The van der Waals surface area contributed by atoms with Gasteiger partial charge in [0, 0.05) is 0 Å². The van der Waals surface area contributed by atoms with Gasteiger partial charge in [-0.05, 0) is 36.8 Å². The molecule has 2 aliphatic heterocycles. The zero-order chi connectivity index (χ0) is 19.8. The Morgan fingerprint density at radius 3 is 2.39 bits per heavy atom. The third-order valence-corrected chi connectivity index (χ3v) is 6.00. The molecule has 146 valence electrons. The summed E-state index contributed by atoms with van der Waals surface area (Å²) >= 11 is 12.1. The van der Waals surface area contributed by atoms with Crippen LogP contribution >= 0.6 is 23.2 Å². The quantitative estimate of drug-likeness (QED) is 0.650. The lowest BCUT2D eigenvalue weighted by molar-refractivity contribution is -0.126. The normalized spacial score (nSPS) is 24.2. The molecule has 2 aliphatic rings. The van der Waals surface area contributed by atoms with E-state index in [1.807, 2.05) is 30.3 Å². The first kappa shape index (κ1) is 19.2. The molecular formula is C21H20Cl2N2O3. The van der Waals surface area contributed by atoms with Crippen molar-refractivity contribution < 1.29 is 14.4 Å². The van der Waals surface area contributed by atoms with Crippen molar-refractivity contribution in [2.24, 2.45) is 5.92 Å². The maximum absolute atomic E-state index is 13.3. The molecule has 0 saturated carbocycles. The number of hydrogen-bond acceptors (Lipinski definition) is 4. The van der Waals surface area contributed by atoms with Crippen LogP contribution < -0.4 is 9.96 Å². The molecule has 2 saturated heterocycles. The van der Waals surface area contributed by atoms with E-state index in [9.17, 15) is 9.59 Å². The number of rotatable bonds is 5. The van der Waals surface area contributed by atoms with Crippen molar-refractivity contribution in [3.8, 4) is 0 Å². The Hall–Kier alpha value is -2.08. The van der Waals surface area contributed by atoms with Crippen molar-refractivity contribution in [2.45, 2.75) is 38.3 Å². The Kier molecular flexibility index (Phi) is 5.32. The molecule has 5 nitrogen and oxygen atoms in total. The molecule has 2 amide bonds. The minimum absolute atomic E-state index is 0.198. The van der Waals surface area contributed by atoms with Gasteiger partial charge in [0.25, 0.3) is 5.91 Å². The molecule has 0 unspecified atom stereocenters. The van der Waals surface area contributed by atoms with Gasteiger partial charge in [0.2, 0.25) is 5.91 Å². The molecule has 0 aromatic heterocycles. The SMILES string of the molecule is CCCC[C@H]1[C@@H]2C(=O)N(c3ccc(Cl)c(Cl)c3)C(=O)[C@@H]2ON1c1ccccc1. The van der Waals surface area contributed by atoms with E-state index in [2.05, 4.69) is 6.92 Å². The molecule has 0 bridgehead atoms. The molecule has 7 heteroatoms. The van der Waals surface area contributed by atoms with Gasteiger partial charge in [-0.1, -0.05) is 61.2 Å². The number of carbonyl (C=O) groups excluding carboxylic acids is 2. The van der Waals surface area contributed by atoms with Crippen LogP contribution in [0.4, 0.5) is 11.4 Å². The first-order valence-corrected chi connectivity index (χ1v) is 10.1. The van der Waals surface area contributed by atoms with Crippen LogP contribution in [-0.2, 0) is 14.4 Å². The Bertz CT molecular complexity index is 906. The third kappa shape index (κ3) is 3.17. The number of halogens is 2. The maximum Gasteiger partial charge on any atom is 0.266 e. The van der Waals surface area contributed by atoms with Crippen molar-refractivity contribution in [1.29, 1.82) is 0 Å². The topological polar surface area (TPSA) is 49.9 Å². The highest BCUT2D eigenvalue weighted by Gasteiger charge is 2.59. The fraction of sp³-hybridized carbons (Fsp3) is 0.333. The Labute approximate surface area is 173 Å². The van der Waals surface area contributed by atoms with E-state index in [-0.39, 0.29) is 17.9 Å². The zero-order valence-corrected chi connectivity index (χ0v) is 16.9. The fourth-order valence-corrected chi connectivity index (χ4v) is 4.20. The second kappa shape index (κ2) is 7.74. The van der Waals surface area contributed by atoms with E-state index in [1.165, 1.54) is 11.0 Å². The lowest BCUT2D eigenvalue weighted by Crippen LogP contribution is -2.40. The lowest BCUT2D eigenvalue weighted by Gasteiger charge is -2.28. The molecule has 2 fully saturated rings. The molecular weight excluding hydrogens is 399 g/mol. The van der Waals surface area contributed by atoms with Gasteiger partial charge in [-0.3, -0.25) is 14.4 Å². The van der Waals surface area contributed by atoms with E-state index < -0.39 is 12.0 Å². The van der Waals surface area contributed by atoms with Crippen molar-refractivity contribution in [3.05, 3.63) is 58.6 Å². The van der Waals surface area contributed by atoms with Crippen molar-refractivity contribution in [3.63, 3.8) is 0 Å². The number of fused-ring (bicyclic) bond motifs is 1. The van der Waals surface area contributed by atoms with Crippen LogP contribution in [0.1, 0.15) is 26.2 Å². The largest absolute Gasteiger partial charge is 0.273 e. The van der Waals surface area contributed by atoms with Crippen molar-refractivity contribution >= 4 is 46.4 Å². The fourth-order valence-electron chi connectivity index (χ4n) is 3.91. The summed E-state index contributed by atoms with van der Waals surface area (Å²) < 4.78 is 0. The number of carbonyl (C=O) groups is 2. The number of para-hydroxylation sites is 1. The Balaban J connectivity index is 1.68. The summed E-state index contributed by atoms with van der Waals surface area (Å²) in [6, 6.07) is 14.1. The van der Waals surface area contributed by atoms with Crippen molar-refractivity contribution in [1.82, 2.24) is 0 Å². The number of unbranched alkanes of at least 4 members (excludes halogenated alkanes) is 1. The average Bonchev–Trinajstić information content (AvgIpc) is 3.19. The van der Waals surface area contributed by atoms with E-state index in [0.717, 1.165) is 24.9 Å². The summed E-state index contributed by atoms with van der Waals surface area (Å²) in [6.07, 6.45) is 1.87. The van der Waals surface area contributed by atoms with Crippen LogP contribution in [0.25, 0.3) is 0 Å².